The summed E-state index contributed by atoms with van der Waals surface area (Å²) in [6.07, 6.45) is 4.35. The van der Waals surface area contributed by atoms with Crippen LogP contribution in [0.2, 0.25) is 0 Å². The molecule has 2 nitrogen and oxygen atoms in total. The van der Waals surface area contributed by atoms with E-state index in [0.29, 0.717) is 0 Å². The van der Waals surface area contributed by atoms with E-state index in [9.17, 15) is 5.11 Å². The summed E-state index contributed by atoms with van der Waals surface area (Å²) in [6, 6.07) is 19.2. The van der Waals surface area contributed by atoms with Gasteiger partial charge in [-0.1, -0.05) is 75.2 Å². The fraction of sp³-hybridized carbons (Fsp3) is 0.417. The van der Waals surface area contributed by atoms with Crippen LogP contribution in [0.1, 0.15) is 51.2 Å². The van der Waals surface area contributed by atoms with Crippen LogP contribution in [0.3, 0.4) is 0 Å². The molecule has 0 fully saturated rings. The van der Waals surface area contributed by atoms with Crippen molar-refractivity contribution < 1.29 is 5.11 Å². The van der Waals surface area contributed by atoms with Crippen LogP contribution in [-0.4, -0.2) is 29.6 Å². The van der Waals surface area contributed by atoms with Crippen molar-refractivity contribution in [3.63, 3.8) is 0 Å². The van der Waals surface area contributed by atoms with E-state index >= 15 is 0 Å². The number of nitrogens with zero attached hydrogens (tertiary/aromatic N) is 1. The Morgan fingerprint density at radius 1 is 0.808 bits per heavy atom. The molecule has 26 heavy (non-hydrogen) atoms. The monoisotopic (exact) mass is 349 g/mol. The second kappa shape index (κ2) is 9.16. The van der Waals surface area contributed by atoms with E-state index in [1.165, 1.54) is 47.2 Å². The van der Waals surface area contributed by atoms with Crippen LogP contribution in [0, 0.1) is 0 Å². The van der Waals surface area contributed by atoms with E-state index in [0.717, 1.165) is 25.2 Å². The molecule has 3 aromatic carbocycles. The van der Waals surface area contributed by atoms with Crippen molar-refractivity contribution >= 4 is 21.5 Å². The first-order valence-corrected chi connectivity index (χ1v) is 10.0. The van der Waals surface area contributed by atoms with Gasteiger partial charge >= 0.3 is 0 Å². The number of hydrogen-bond donors (Lipinski definition) is 1. The van der Waals surface area contributed by atoms with E-state index in [2.05, 4.69) is 73.3 Å². The van der Waals surface area contributed by atoms with Crippen molar-refractivity contribution in [1.29, 1.82) is 0 Å². The molecular weight excluding hydrogens is 318 g/mol. The number of aliphatic hydroxyl groups excluding tert-OH is 1. The molecule has 1 atom stereocenters. The molecule has 0 aliphatic heterocycles. The molecule has 0 spiro atoms. The summed E-state index contributed by atoms with van der Waals surface area (Å²) >= 11 is 0. The minimum atomic E-state index is -0.431. The fourth-order valence-electron chi connectivity index (χ4n) is 3.65. The van der Waals surface area contributed by atoms with Gasteiger partial charge in [0.2, 0.25) is 0 Å². The minimum Gasteiger partial charge on any atom is -0.387 e. The van der Waals surface area contributed by atoms with E-state index in [1.54, 1.807) is 0 Å². The fourth-order valence-corrected chi connectivity index (χ4v) is 3.65. The first-order chi connectivity index (χ1) is 12.7. The topological polar surface area (TPSA) is 23.5 Å². The van der Waals surface area contributed by atoms with Crippen LogP contribution in [0.25, 0.3) is 21.5 Å². The number of hydrogen-bond acceptors (Lipinski definition) is 2. The lowest BCUT2D eigenvalue weighted by Crippen LogP contribution is -2.30. The molecule has 0 aromatic heterocycles. The quantitative estimate of drug-likeness (QED) is 0.484. The van der Waals surface area contributed by atoms with Crippen molar-refractivity contribution in [2.45, 2.75) is 45.6 Å². The van der Waals surface area contributed by atoms with Crippen LogP contribution in [0.4, 0.5) is 0 Å². The maximum atomic E-state index is 10.8. The average molecular weight is 350 g/mol. The molecule has 0 saturated heterocycles. The summed E-state index contributed by atoms with van der Waals surface area (Å²) in [5, 5.41) is 15.8. The summed E-state index contributed by atoms with van der Waals surface area (Å²) in [6.45, 7) is 7.32. The Bertz CT molecular complexity index is 834. The second-order valence-electron chi connectivity index (χ2n) is 7.29. The summed E-state index contributed by atoms with van der Waals surface area (Å²) in [5.41, 5.74) is 1.02. The van der Waals surface area contributed by atoms with E-state index in [4.69, 9.17) is 0 Å². The van der Waals surface area contributed by atoms with Crippen LogP contribution in [-0.2, 0) is 0 Å². The van der Waals surface area contributed by atoms with Gasteiger partial charge in [-0.3, -0.25) is 0 Å². The first-order valence-electron chi connectivity index (χ1n) is 10.0. The van der Waals surface area contributed by atoms with Crippen LogP contribution < -0.4 is 0 Å². The zero-order valence-electron chi connectivity index (χ0n) is 16.1. The standard InChI is InChI=1S/C24H31NO/c1-3-5-15-25(16-6-4-2)18-24(26)21-13-14-23-20(17-21)12-11-19-9-7-8-10-22(19)23/h7-14,17,24,26H,3-6,15-16,18H2,1-2H3. The molecule has 3 aromatic rings. The molecule has 3 rings (SSSR count). The highest BCUT2D eigenvalue weighted by Gasteiger charge is 2.14. The molecular formula is C24H31NO. The summed E-state index contributed by atoms with van der Waals surface area (Å²) in [7, 11) is 0. The summed E-state index contributed by atoms with van der Waals surface area (Å²) in [5.74, 6) is 0. The molecule has 0 aliphatic carbocycles. The number of rotatable bonds is 9. The van der Waals surface area contributed by atoms with E-state index in [1.807, 2.05) is 0 Å². The third-order valence-corrected chi connectivity index (χ3v) is 5.24. The zero-order valence-corrected chi connectivity index (χ0v) is 16.1. The van der Waals surface area contributed by atoms with Crippen molar-refractivity contribution in [3.05, 3.63) is 60.2 Å². The van der Waals surface area contributed by atoms with Gasteiger partial charge in [-0.2, -0.15) is 0 Å². The molecule has 0 bridgehead atoms. The Morgan fingerprint density at radius 2 is 1.46 bits per heavy atom. The predicted molar refractivity (Wildman–Crippen MR) is 113 cm³/mol. The number of fused-ring (bicyclic) bond motifs is 3. The van der Waals surface area contributed by atoms with Gasteiger partial charge in [-0.25, -0.2) is 0 Å². The molecule has 0 aliphatic rings. The molecule has 0 saturated carbocycles. The third-order valence-electron chi connectivity index (χ3n) is 5.24. The van der Waals surface area contributed by atoms with E-state index in [-0.39, 0.29) is 0 Å². The summed E-state index contributed by atoms with van der Waals surface area (Å²) in [4.78, 5) is 2.42. The Hall–Kier alpha value is -1.90. The maximum absolute atomic E-state index is 10.8. The third kappa shape index (κ3) is 4.44. The molecule has 1 unspecified atom stereocenters. The molecule has 1 N–H and O–H groups in total. The Labute approximate surface area is 157 Å². The van der Waals surface area contributed by atoms with Crippen molar-refractivity contribution in [2.75, 3.05) is 19.6 Å². The lowest BCUT2D eigenvalue weighted by atomic mass is 9.98. The van der Waals surface area contributed by atoms with Crippen molar-refractivity contribution in [1.82, 2.24) is 4.90 Å². The number of aliphatic hydroxyl groups is 1. The highest BCUT2D eigenvalue weighted by atomic mass is 16.3. The van der Waals surface area contributed by atoms with Gasteiger partial charge in [0.1, 0.15) is 0 Å². The van der Waals surface area contributed by atoms with Gasteiger partial charge < -0.3 is 10.0 Å². The van der Waals surface area contributed by atoms with Crippen LogP contribution >= 0.6 is 0 Å². The lowest BCUT2D eigenvalue weighted by Gasteiger charge is -2.25. The number of benzene rings is 3. The Balaban J connectivity index is 1.80. The Kier molecular flexibility index (Phi) is 6.65. The number of unbranched alkanes of at least 4 members (excludes halogenated alkanes) is 2. The molecule has 0 heterocycles. The maximum Gasteiger partial charge on any atom is 0.0917 e. The molecule has 0 radical (unpaired) electrons. The molecule has 138 valence electrons. The second-order valence-corrected chi connectivity index (χ2v) is 7.29. The zero-order chi connectivity index (χ0) is 18.4. The largest absolute Gasteiger partial charge is 0.387 e. The SMILES string of the molecule is CCCCN(CCCC)CC(O)c1ccc2c(ccc3ccccc32)c1. The van der Waals surface area contributed by atoms with Gasteiger partial charge in [0.25, 0.3) is 0 Å². The average Bonchev–Trinajstić information content (AvgIpc) is 2.69. The van der Waals surface area contributed by atoms with Gasteiger partial charge in [-0.15, -0.1) is 0 Å². The first kappa shape index (κ1) is 18.9. The highest BCUT2D eigenvalue weighted by molar-refractivity contribution is 6.07. The molecule has 0 amide bonds. The van der Waals surface area contributed by atoms with Gasteiger partial charge in [0, 0.05) is 6.54 Å². The van der Waals surface area contributed by atoms with Crippen LogP contribution in [0.15, 0.2) is 54.6 Å². The molecule has 2 heteroatoms. The Morgan fingerprint density at radius 3 is 2.19 bits per heavy atom. The van der Waals surface area contributed by atoms with Gasteiger partial charge in [-0.05, 0) is 59.1 Å². The highest BCUT2D eigenvalue weighted by Crippen LogP contribution is 2.28. The minimum absolute atomic E-state index is 0.431. The van der Waals surface area contributed by atoms with Gasteiger partial charge in [0.15, 0.2) is 0 Å². The van der Waals surface area contributed by atoms with Gasteiger partial charge in [0.05, 0.1) is 6.10 Å². The van der Waals surface area contributed by atoms with Crippen molar-refractivity contribution in [2.24, 2.45) is 0 Å². The van der Waals surface area contributed by atoms with Crippen molar-refractivity contribution in [3.8, 4) is 0 Å². The smallest absolute Gasteiger partial charge is 0.0917 e. The lowest BCUT2D eigenvalue weighted by molar-refractivity contribution is 0.111. The summed E-state index contributed by atoms with van der Waals surface area (Å²) < 4.78 is 0. The normalized spacial score (nSPS) is 12.9. The van der Waals surface area contributed by atoms with E-state index < -0.39 is 6.10 Å². The van der Waals surface area contributed by atoms with Crippen LogP contribution in [0.5, 0.6) is 0 Å². The predicted octanol–water partition coefficient (Wildman–Crippen LogP) is 5.93.